The van der Waals surface area contributed by atoms with Crippen LogP contribution in [0.25, 0.3) is 0 Å². The molecule has 106 valence electrons. The van der Waals surface area contributed by atoms with Crippen LogP contribution in [0.1, 0.15) is 29.3 Å². The Morgan fingerprint density at radius 1 is 1.35 bits per heavy atom. The molecule has 0 bridgehead atoms. The van der Waals surface area contributed by atoms with Crippen molar-refractivity contribution >= 4 is 5.69 Å². The van der Waals surface area contributed by atoms with Gasteiger partial charge in [0.2, 0.25) is 0 Å². The summed E-state index contributed by atoms with van der Waals surface area (Å²) in [5.41, 5.74) is 12.3. The van der Waals surface area contributed by atoms with Gasteiger partial charge in [0.15, 0.2) is 0 Å². The highest BCUT2D eigenvalue weighted by molar-refractivity contribution is 5.51. The minimum Gasteiger partial charge on any atom is -0.398 e. The largest absolute Gasteiger partial charge is 0.398 e. The van der Waals surface area contributed by atoms with Crippen LogP contribution in [-0.4, -0.2) is 21.2 Å². The topological polar surface area (TPSA) is 47.1 Å². The normalized spacial score (nSPS) is 15.3. The Labute approximate surface area is 120 Å². The van der Waals surface area contributed by atoms with Crippen LogP contribution in [0.2, 0.25) is 0 Å². The summed E-state index contributed by atoms with van der Waals surface area (Å²) in [6.07, 6.45) is 4.19. The van der Waals surface area contributed by atoms with Gasteiger partial charge in [-0.2, -0.15) is 5.10 Å². The molecule has 1 aromatic heterocycles. The fourth-order valence-corrected chi connectivity index (χ4v) is 3.09. The molecule has 0 fully saturated rings. The molecule has 1 aliphatic rings. The van der Waals surface area contributed by atoms with Crippen LogP contribution < -0.4 is 5.73 Å². The molecular formula is C16H22N4. The average molecular weight is 270 g/mol. The lowest BCUT2D eigenvalue weighted by molar-refractivity contribution is 0.245. The summed E-state index contributed by atoms with van der Waals surface area (Å²) in [6.45, 7) is 5.20. The van der Waals surface area contributed by atoms with E-state index in [1.165, 1.54) is 22.4 Å². The van der Waals surface area contributed by atoms with Gasteiger partial charge in [-0.1, -0.05) is 19.1 Å². The van der Waals surface area contributed by atoms with Crippen molar-refractivity contribution < 1.29 is 0 Å². The predicted octanol–water partition coefficient (Wildman–Crippen LogP) is 2.12. The first-order valence-corrected chi connectivity index (χ1v) is 7.27. The number of aromatic nitrogens is 2. The molecule has 20 heavy (non-hydrogen) atoms. The van der Waals surface area contributed by atoms with Crippen LogP contribution in [0.4, 0.5) is 5.69 Å². The Bertz CT molecular complexity index is 615. The number of hydrogen-bond donors (Lipinski definition) is 1. The van der Waals surface area contributed by atoms with Gasteiger partial charge >= 0.3 is 0 Å². The summed E-state index contributed by atoms with van der Waals surface area (Å²) in [5.74, 6) is 0. The summed E-state index contributed by atoms with van der Waals surface area (Å²) in [6, 6.07) is 6.26. The molecule has 0 saturated carbocycles. The molecule has 4 heteroatoms. The molecule has 0 aliphatic carbocycles. The lowest BCUT2D eigenvalue weighted by Crippen LogP contribution is -2.30. The fraction of sp³-hybridized carbons (Fsp3) is 0.438. The van der Waals surface area contributed by atoms with Crippen molar-refractivity contribution in [2.75, 3.05) is 12.3 Å². The van der Waals surface area contributed by atoms with Crippen molar-refractivity contribution in [3.05, 3.63) is 46.8 Å². The van der Waals surface area contributed by atoms with Gasteiger partial charge in [-0.3, -0.25) is 9.58 Å². The number of benzene rings is 1. The summed E-state index contributed by atoms with van der Waals surface area (Å²) < 4.78 is 1.92. The summed E-state index contributed by atoms with van der Waals surface area (Å²) >= 11 is 0. The average Bonchev–Trinajstić information content (AvgIpc) is 2.79. The number of fused-ring (bicyclic) bond motifs is 1. The third-order valence-corrected chi connectivity index (χ3v) is 4.10. The summed E-state index contributed by atoms with van der Waals surface area (Å²) in [5, 5.41) is 4.52. The third kappa shape index (κ3) is 2.43. The van der Waals surface area contributed by atoms with Crippen LogP contribution in [0.3, 0.4) is 0 Å². The Kier molecular flexibility index (Phi) is 3.49. The third-order valence-electron chi connectivity index (χ3n) is 4.10. The number of nitrogen functional groups attached to an aromatic ring is 1. The van der Waals surface area contributed by atoms with Crippen LogP contribution >= 0.6 is 0 Å². The van der Waals surface area contributed by atoms with Crippen LogP contribution in [-0.2, 0) is 33.0 Å². The van der Waals surface area contributed by atoms with E-state index in [0.29, 0.717) is 0 Å². The van der Waals surface area contributed by atoms with Gasteiger partial charge in [0.25, 0.3) is 0 Å². The first-order chi connectivity index (χ1) is 9.67. The zero-order chi connectivity index (χ0) is 14.1. The molecule has 3 rings (SSSR count). The van der Waals surface area contributed by atoms with Gasteiger partial charge in [0, 0.05) is 44.1 Å². The van der Waals surface area contributed by atoms with Crippen molar-refractivity contribution in [2.45, 2.75) is 32.9 Å². The second-order valence-electron chi connectivity index (χ2n) is 5.57. The van der Waals surface area contributed by atoms with Crippen LogP contribution in [0.5, 0.6) is 0 Å². The first kappa shape index (κ1) is 13.2. The Balaban J connectivity index is 1.77. The van der Waals surface area contributed by atoms with E-state index in [9.17, 15) is 0 Å². The number of nitrogens with two attached hydrogens (primary N) is 1. The molecule has 0 unspecified atom stereocenters. The summed E-state index contributed by atoms with van der Waals surface area (Å²) in [4.78, 5) is 2.48. The van der Waals surface area contributed by atoms with E-state index in [-0.39, 0.29) is 0 Å². The maximum absolute atomic E-state index is 6.06. The van der Waals surface area contributed by atoms with Gasteiger partial charge < -0.3 is 5.73 Å². The number of hydrogen-bond acceptors (Lipinski definition) is 3. The fourth-order valence-electron chi connectivity index (χ4n) is 3.09. The quantitative estimate of drug-likeness (QED) is 0.869. The Morgan fingerprint density at radius 2 is 2.20 bits per heavy atom. The highest BCUT2D eigenvalue weighted by Gasteiger charge is 2.19. The molecule has 0 amide bonds. The van der Waals surface area contributed by atoms with Crippen LogP contribution in [0.15, 0.2) is 24.4 Å². The van der Waals surface area contributed by atoms with Gasteiger partial charge in [-0.15, -0.1) is 0 Å². The van der Waals surface area contributed by atoms with E-state index < -0.39 is 0 Å². The number of rotatable bonds is 3. The predicted molar refractivity (Wildman–Crippen MR) is 81.3 cm³/mol. The maximum atomic E-state index is 6.06. The van der Waals surface area contributed by atoms with E-state index in [1.807, 2.05) is 17.8 Å². The van der Waals surface area contributed by atoms with E-state index >= 15 is 0 Å². The number of nitrogens with zero attached hydrogens (tertiary/aromatic N) is 3. The molecule has 2 N–H and O–H groups in total. The smallest absolute Gasteiger partial charge is 0.0666 e. The Morgan fingerprint density at radius 3 is 3.00 bits per heavy atom. The Hall–Kier alpha value is -1.81. The molecule has 4 nitrogen and oxygen atoms in total. The second kappa shape index (κ2) is 5.29. The second-order valence-corrected chi connectivity index (χ2v) is 5.57. The van der Waals surface area contributed by atoms with E-state index in [0.717, 1.165) is 38.2 Å². The zero-order valence-corrected chi connectivity index (χ0v) is 12.3. The number of aryl methyl sites for hydroxylation is 2. The molecule has 0 atom stereocenters. The van der Waals surface area contributed by atoms with Crippen molar-refractivity contribution in [2.24, 2.45) is 7.05 Å². The van der Waals surface area contributed by atoms with E-state index in [2.05, 4.69) is 35.3 Å². The zero-order valence-electron chi connectivity index (χ0n) is 12.3. The molecule has 0 radical (unpaired) electrons. The molecular weight excluding hydrogens is 248 g/mol. The molecule has 2 aromatic rings. The minimum atomic E-state index is 0.942. The van der Waals surface area contributed by atoms with E-state index in [1.54, 1.807) is 0 Å². The number of anilines is 1. The SMILES string of the molecule is CCc1nn(C)cc1CN1CCc2c(N)cccc2C1. The van der Waals surface area contributed by atoms with Crippen LogP contribution in [0, 0.1) is 0 Å². The minimum absolute atomic E-state index is 0.942. The van der Waals surface area contributed by atoms with E-state index in [4.69, 9.17) is 5.73 Å². The molecule has 1 aliphatic heterocycles. The lowest BCUT2D eigenvalue weighted by Gasteiger charge is -2.29. The first-order valence-electron chi connectivity index (χ1n) is 7.27. The van der Waals surface area contributed by atoms with Gasteiger partial charge in [0.05, 0.1) is 5.69 Å². The maximum Gasteiger partial charge on any atom is 0.0666 e. The summed E-state index contributed by atoms with van der Waals surface area (Å²) in [7, 11) is 1.99. The molecule has 2 heterocycles. The highest BCUT2D eigenvalue weighted by Crippen LogP contribution is 2.25. The van der Waals surface area contributed by atoms with Crippen molar-refractivity contribution in [3.8, 4) is 0 Å². The molecule has 0 spiro atoms. The molecule has 0 saturated heterocycles. The van der Waals surface area contributed by atoms with Gasteiger partial charge in [0.1, 0.15) is 0 Å². The van der Waals surface area contributed by atoms with Crippen molar-refractivity contribution in [3.63, 3.8) is 0 Å². The highest BCUT2D eigenvalue weighted by atomic mass is 15.3. The monoisotopic (exact) mass is 270 g/mol. The van der Waals surface area contributed by atoms with Crippen molar-refractivity contribution in [1.82, 2.24) is 14.7 Å². The van der Waals surface area contributed by atoms with Crippen molar-refractivity contribution in [1.29, 1.82) is 0 Å². The van der Waals surface area contributed by atoms with Gasteiger partial charge in [-0.05, 0) is 30.0 Å². The van der Waals surface area contributed by atoms with Gasteiger partial charge in [-0.25, -0.2) is 0 Å². The molecule has 1 aromatic carbocycles. The standard InChI is InChI=1S/C16H22N4/c1-3-16-13(9-19(2)18-16)11-20-8-7-14-12(10-20)5-4-6-15(14)17/h4-6,9H,3,7-8,10-11,17H2,1-2H3. The lowest BCUT2D eigenvalue weighted by atomic mass is 9.97.